The molecule has 1 aliphatic heterocycles. The zero-order valence-corrected chi connectivity index (χ0v) is 20.9. The monoisotopic (exact) mass is 585 g/mol. The van der Waals surface area contributed by atoms with E-state index in [9.17, 15) is 39.9 Å². The lowest BCUT2D eigenvalue weighted by Crippen LogP contribution is -2.31. The van der Waals surface area contributed by atoms with Gasteiger partial charge in [-0.15, -0.1) is 10.2 Å². The summed E-state index contributed by atoms with van der Waals surface area (Å²) in [6.45, 7) is 0.796. The Morgan fingerprint density at radius 2 is 1.68 bits per heavy atom. The molecule has 1 atom stereocenters. The van der Waals surface area contributed by atoms with Gasteiger partial charge in [0.2, 0.25) is 11.8 Å². The van der Waals surface area contributed by atoms with Crippen molar-refractivity contribution in [1.29, 1.82) is 0 Å². The summed E-state index contributed by atoms with van der Waals surface area (Å²) in [6.07, 6.45) is -10.7. The molecule has 210 valence electrons. The molecule has 0 amide bonds. The van der Waals surface area contributed by atoms with Gasteiger partial charge in [0.1, 0.15) is 17.6 Å². The number of hydrogen-bond donors (Lipinski definition) is 2. The number of aromatic nitrogens is 3. The van der Waals surface area contributed by atoms with E-state index in [0.29, 0.717) is 18.2 Å². The van der Waals surface area contributed by atoms with Crippen molar-refractivity contribution in [2.24, 2.45) is 0 Å². The van der Waals surface area contributed by atoms with Gasteiger partial charge in [-0.1, -0.05) is 12.1 Å². The second-order valence-electron chi connectivity index (χ2n) is 8.68. The highest BCUT2D eigenvalue weighted by atomic mass is 32.2. The molecule has 0 aliphatic carbocycles. The van der Waals surface area contributed by atoms with Gasteiger partial charge in [-0.05, 0) is 49.4 Å². The molecule has 0 saturated carbocycles. The summed E-state index contributed by atoms with van der Waals surface area (Å²) in [4.78, 5) is 3.12. The van der Waals surface area contributed by atoms with E-state index in [1.807, 2.05) is 0 Å². The molecule has 2 aromatic carbocycles. The summed E-state index contributed by atoms with van der Waals surface area (Å²) in [5.41, 5.74) is -2.40. The Morgan fingerprint density at radius 3 is 2.27 bits per heavy atom. The Kier molecular flexibility index (Phi) is 6.49. The quantitative estimate of drug-likeness (QED) is 0.294. The Hall–Kier alpha value is -4.18. The van der Waals surface area contributed by atoms with Gasteiger partial charge in [0.15, 0.2) is 0 Å². The van der Waals surface area contributed by atoms with Crippen LogP contribution in [-0.4, -0.2) is 28.7 Å². The molecule has 40 heavy (non-hydrogen) atoms. The number of anilines is 3. The SMILES string of the molecule is C[C@@H](O)c1nnc(-c2cccc3c2N(S(=O)(=O)c2ccc(C(F)(F)F)cc2)Cc2ccc(C(F)(F)F)nc2N3)o1. The standard InChI is InChI=1S/C24H17F6N5O4S/c1-12(36)21-33-34-22(39-21)16-3-2-4-17-19(16)35(11-13-5-10-18(24(28,29)30)32-20(13)31-17)40(37,38)15-8-6-14(7-9-15)23(25,26)27/h2-10,12,36H,11H2,1H3,(H,31,32)/t12-/m1/s1. The lowest BCUT2D eigenvalue weighted by Gasteiger charge is -2.26. The maximum atomic E-state index is 13.9. The minimum atomic E-state index is -4.79. The van der Waals surface area contributed by atoms with Crippen molar-refractivity contribution in [2.45, 2.75) is 36.8 Å². The number of nitrogens with one attached hydrogen (secondary N) is 1. The third-order valence-corrected chi connectivity index (χ3v) is 7.68. The summed E-state index contributed by atoms with van der Waals surface area (Å²) in [5.74, 6) is -0.697. The molecule has 0 radical (unpaired) electrons. The minimum Gasteiger partial charge on any atom is -0.418 e. The summed E-state index contributed by atoms with van der Waals surface area (Å²) >= 11 is 0. The summed E-state index contributed by atoms with van der Waals surface area (Å²) in [6, 6.07) is 8.73. The maximum Gasteiger partial charge on any atom is 0.433 e. The third kappa shape index (κ3) is 4.95. The third-order valence-electron chi connectivity index (χ3n) is 5.92. The van der Waals surface area contributed by atoms with Crippen molar-refractivity contribution < 1.29 is 44.3 Å². The average molecular weight is 585 g/mol. The van der Waals surface area contributed by atoms with Gasteiger partial charge in [-0.2, -0.15) is 26.3 Å². The lowest BCUT2D eigenvalue weighted by atomic mass is 10.1. The van der Waals surface area contributed by atoms with E-state index in [4.69, 9.17) is 4.42 Å². The number of rotatable bonds is 4. The summed E-state index contributed by atoms with van der Waals surface area (Å²) in [5, 5.41) is 20.1. The first-order valence-corrected chi connectivity index (χ1v) is 12.8. The van der Waals surface area contributed by atoms with Crippen LogP contribution in [-0.2, 0) is 28.9 Å². The molecule has 4 aromatic rings. The fourth-order valence-corrected chi connectivity index (χ4v) is 5.47. The van der Waals surface area contributed by atoms with Crippen LogP contribution in [0, 0.1) is 0 Å². The van der Waals surface area contributed by atoms with Gasteiger partial charge >= 0.3 is 12.4 Å². The van der Waals surface area contributed by atoms with Crippen molar-refractivity contribution in [2.75, 3.05) is 9.62 Å². The molecule has 0 saturated heterocycles. The molecular weight excluding hydrogens is 568 g/mol. The van der Waals surface area contributed by atoms with Crippen molar-refractivity contribution in [3.8, 4) is 11.5 Å². The van der Waals surface area contributed by atoms with Gasteiger partial charge in [-0.3, -0.25) is 4.31 Å². The van der Waals surface area contributed by atoms with Crippen LogP contribution in [0.4, 0.5) is 43.5 Å². The zero-order chi connectivity index (χ0) is 29.0. The van der Waals surface area contributed by atoms with E-state index in [1.165, 1.54) is 25.1 Å². The minimum absolute atomic E-state index is 0.0173. The van der Waals surface area contributed by atoms with E-state index in [2.05, 4.69) is 20.5 Å². The van der Waals surface area contributed by atoms with Crippen molar-refractivity contribution >= 4 is 27.2 Å². The van der Waals surface area contributed by atoms with Gasteiger partial charge in [0.05, 0.1) is 33.9 Å². The molecule has 2 aromatic heterocycles. The highest BCUT2D eigenvalue weighted by Crippen LogP contribution is 2.45. The fourth-order valence-electron chi connectivity index (χ4n) is 3.99. The molecular formula is C24H17F6N5O4S. The number of pyridine rings is 1. The Bertz CT molecular complexity index is 1690. The molecule has 0 spiro atoms. The number of benzene rings is 2. The van der Waals surface area contributed by atoms with Crippen LogP contribution in [0.1, 0.15) is 35.7 Å². The number of halogens is 6. The number of nitrogens with zero attached hydrogens (tertiary/aromatic N) is 4. The molecule has 16 heteroatoms. The topological polar surface area (TPSA) is 121 Å². The molecule has 0 unspecified atom stereocenters. The number of aliphatic hydroxyl groups excluding tert-OH is 1. The molecule has 2 N–H and O–H groups in total. The average Bonchev–Trinajstić information content (AvgIpc) is 3.31. The summed E-state index contributed by atoms with van der Waals surface area (Å²) in [7, 11) is -4.65. The van der Waals surface area contributed by atoms with Crippen LogP contribution in [0.3, 0.4) is 0 Å². The molecule has 0 bridgehead atoms. The molecule has 5 rings (SSSR count). The van der Waals surface area contributed by atoms with Gasteiger partial charge in [-0.25, -0.2) is 13.4 Å². The van der Waals surface area contributed by atoms with Crippen molar-refractivity contribution in [1.82, 2.24) is 15.2 Å². The number of para-hydroxylation sites is 1. The molecule has 1 aliphatic rings. The normalized spacial score (nSPS) is 14.7. The Morgan fingerprint density at radius 1 is 0.975 bits per heavy atom. The molecule has 3 heterocycles. The smallest absolute Gasteiger partial charge is 0.418 e. The highest BCUT2D eigenvalue weighted by molar-refractivity contribution is 7.92. The van der Waals surface area contributed by atoms with Gasteiger partial charge < -0.3 is 14.8 Å². The van der Waals surface area contributed by atoms with Crippen LogP contribution < -0.4 is 9.62 Å². The maximum absolute atomic E-state index is 13.9. The second-order valence-corrected chi connectivity index (χ2v) is 10.5. The first-order chi connectivity index (χ1) is 18.7. The summed E-state index contributed by atoms with van der Waals surface area (Å²) < 4.78 is 114. The number of sulfonamides is 1. The van der Waals surface area contributed by atoms with Crippen LogP contribution in [0.15, 0.2) is 63.9 Å². The predicted molar refractivity (Wildman–Crippen MR) is 128 cm³/mol. The largest absolute Gasteiger partial charge is 0.433 e. The number of alkyl halides is 6. The zero-order valence-electron chi connectivity index (χ0n) is 20.1. The van der Waals surface area contributed by atoms with E-state index >= 15 is 0 Å². The van der Waals surface area contributed by atoms with Crippen LogP contribution in [0.25, 0.3) is 11.5 Å². The van der Waals surface area contributed by atoms with E-state index < -0.39 is 51.2 Å². The van der Waals surface area contributed by atoms with E-state index in [0.717, 1.165) is 22.5 Å². The lowest BCUT2D eigenvalue weighted by molar-refractivity contribution is -0.141. The number of aliphatic hydroxyl groups is 1. The van der Waals surface area contributed by atoms with Crippen LogP contribution in [0.5, 0.6) is 0 Å². The van der Waals surface area contributed by atoms with Gasteiger partial charge in [0, 0.05) is 5.56 Å². The first-order valence-electron chi connectivity index (χ1n) is 11.4. The number of fused-ring (bicyclic) bond motifs is 2. The molecule has 0 fully saturated rings. The number of hydrogen-bond acceptors (Lipinski definition) is 8. The Balaban J connectivity index is 1.72. The fraction of sp³-hybridized carbons (Fsp3) is 0.208. The van der Waals surface area contributed by atoms with Crippen molar-refractivity contribution in [3.05, 3.63) is 77.3 Å². The van der Waals surface area contributed by atoms with Crippen LogP contribution in [0.2, 0.25) is 0 Å². The predicted octanol–water partition coefficient (Wildman–Crippen LogP) is 5.68. The first kappa shape index (κ1) is 27.4. The Labute approximate surface area is 222 Å². The molecule has 9 nitrogen and oxygen atoms in total. The highest BCUT2D eigenvalue weighted by Gasteiger charge is 2.37. The van der Waals surface area contributed by atoms with Crippen molar-refractivity contribution in [3.63, 3.8) is 0 Å². The van der Waals surface area contributed by atoms with Gasteiger partial charge in [0.25, 0.3) is 10.0 Å². The second kappa shape index (κ2) is 9.48. The van der Waals surface area contributed by atoms with E-state index in [-0.39, 0.29) is 40.1 Å². The van der Waals surface area contributed by atoms with E-state index in [1.54, 1.807) is 0 Å². The van der Waals surface area contributed by atoms with Crippen LogP contribution >= 0.6 is 0 Å².